The number of aromatic nitrogens is 3. The summed E-state index contributed by atoms with van der Waals surface area (Å²) in [5.74, 6) is 1.16. The van der Waals surface area contributed by atoms with Crippen molar-refractivity contribution >= 4 is 11.6 Å². The number of rotatable bonds is 2. The van der Waals surface area contributed by atoms with E-state index in [1.807, 2.05) is 6.20 Å². The molecule has 19 heavy (non-hydrogen) atoms. The molecule has 3 rings (SSSR count). The molecule has 0 aromatic carbocycles. The Morgan fingerprint density at radius 1 is 1.37 bits per heavy atom. The normalized spacial score (nSPS) is 18.1. The quantitative estimate of drug-likeness (QED) is 0.912. The van der Waals surface area contributed by atoms with E-state index in [2.05, 4.69) is 15.0 Å². The van der Waals surface area contributed by atoms with Crippen LogP contribution in [0.3, 0.4) is 0 Å². The fraction of sp³-hybridized carbons (Fsp3) is 0.357. The number of nitrogens with zero attached hydrogens (tertiary/aromatic N) is 3. The molecule has 4 nitrogen and oxygen atoms in total. The molecule has 1 atom stereocenters. The van der Waals surface area contributed by atoms with E-state index >= 15 is 0 Å². The minimum atomic E-state index is 0.556. The molecule has 0 amide bonds. The Morgan fingerprint density at radius 2 is 2.26 bits per heavy atom. The lowest BCUT2D eigenvalue weighted by Crippen LogP contribution is -2.23. The van der Waals surface area contributed by atoms with Gasteiger partial charge in [-0.3, -0.25) is 4.98 Å². The van der Waals surface area contributed by atoms with E-state index in [1.165, 1.54) is 5.56 Å². The van der Waals surface area contributed by atoms with Crippen LogP contribution in [-0.2, 0) is 12.8 Å². The second kappa shape index (κ2) is 5.23. The van der Waals surface area contributed by atoms with E-state index in [1.54, 1.807) is 18.3 Å². The molecule has 0 spiro atoms. The molecule has 98 valence electrons. The van der Waals surface area contributed by atoms with Gasteiger partial charge >= 0.3 is 0 Å². The van der Waals surface area contributed by atoms with Crippen molar-refractivity contribution in [2.45, 2.75) is 19.3 Å². The predicted molar refractivity (Wildman–Crippen MR) is 74.8 cm³/mol. The fourth-order valence-electron chi connectivity index (χ4n) is 2.45. The van der Waals surface area contributed by atoms with Gasteiger partial charge in [-0.25, -0.2) is 9.97 Å². The molecule has 2 aromatic rings. The highest BCUT2D eigenvalue weighted by Crippen LogP contribution is 2.27. The molecular weight excluding hydrogens is 260 g/mol. The zero-order chi connectivity index (χ0) is 13.2. The molecule has 2 N–H and O–H groups in total. The van der Waals surface area contributed by atoms with Crippen LogP contribution >= 0.6 is 11.6 Å². The van der Waals surface area contributed by atoms with Crippen molar-refractivity contribution in [2.24, 2.45) is 11.7 Å². The van der Waals surface area contributed by atoms with Crippen LogP contribution in [0.5, 0.6) is 0 Å². The SMILES string of the molecule is NCC1CCc2nc(-c3ncccc3Cl)ncc2C1. The minimum absolute atomic E-state index is 0.556. The van der Waals surface area contributed by atoms with Gasteiger partial charge in [0.2, 0.25) is 0 Å². The van der Waals surface area contributed by atoms with Crippen LogP contribution in [0.15, 0.2) is 24.5 Å². The molecule has 0 fully saturated rings. The molecule has 0 bridgehead atoms. The second-order valence-corrected chi connectivity index (χ2v) is 5.25. The third-order valence-corrected chi connectivity index (χ3v) is 3.86. The number of fused-ring (bicyclic) bond motifs is 1. The van der Waals surface area contributed by atoms with Crippen molar-refractivity contribution in [1.29, 1.82) is 0 Å². The van der Waals surface area contributed by atoms with Crippen LogP contribution in [-0.4, -0.2) is 21.5 Å². The molecule has 0 saturated heterocycles. The zero-order valence-corrected chi connectivity index (χ0v) is 11.3. The summed E-state index contributed by atoms with van der Waals surface area (Å²) in [4.78, 5) is 13.3. The number of hydrogen-bond acceptors (Lipinski definition) is 4. The van der Waals surface area contributed by atoms with Crippen LogP contribution in [0.2, 0.25) is 5.02 Å². The zero-order valence-electron chi connectivity index (χ0n) is 10.5. The van der Waals surface area contributed by atoms with Gasteiger partial charge in [0.25, 0.3) is 0 Å². The van der Waals surface area contributed by atoms with Crippen LogP contribution < -0.4 is 5.73 Å². The summed E-state index contributed by atoms with van der Waals surface area (Å²) >= 11 is 6.13. The van der Waals surface area contributed by atoms with Crippen LogP contribution in [0.4, 0.5) is 0 Å². The van der Waals surface area contributed by atoms with Gasteiger partial charge in [0.05, 0.1) is 5.02 Å². The maximum atomic E-state index is 6.13. The van der Waals surface area contributed by atoms with Gasteiger partial charge in [0, 0.05) is 18.1 Å². The largest absolute Gasteiger partial charge is 0.330 e. The van der Waals surface area contributed by atoms with Crippen molar-refractivity contribution in [3.05, 3.63) is 40.8 Å². The molecule has 5 heteroatoms. The first-order valence-corrected chi connectivity index (χ1v) is 6.81. The lowest BCUT2D eigenvalue weighted by Gasteiger charge is -2.22. The highest BCUT2D eigenvalue weighted by molar-refractivity contribution is 6.32. The predicted octanol–water partition coefficient (Wildman–Crippen LogP) is 2.26. The topological polar surface area (TPSA) is 64.7 Å². The third kappa shape index (κ3) is 2.46. The summed E-state index contributed by atoms with van der Waals surface area (Å²) in [5.41, 5.74) is 8.69. The summed E-state index contributed by atoms with van der Waals surface area (Å²) in [6, 6.07) is 3.60. The van der Waals surface area contributed by atoms with E-state index in [0.717, 1.165) is 31.5 Å². The van der Waals surface area contributed by atoms with E-state index in [4.69, 9.17) is 17.3 Å². The number of hydrogen-bond donors (Lipinski definition) is 1. The Hall–Kier alpha value is -1.52. The summed E-state index contributed by atoms with van der Waals surface area (Å²) in [6.45, 7) is 0.729. The number of halogens is 1. The molecule has 0 saturated carbocycles. The molecule has 1 aliphatic rings. The Labute approximate surface area is 117 Å². The van der Waals surface area contributed by atoms with Crippen molar-refractivity contribution in [3.8, 4) is 11.5 Å². The second-order valence-electron chi connectivity index (χ2n) is 4.84. The molecule has 1 unspecified atom stereocenters. The van der Waals surface area contributed by atoms with Crippen molar-refractivity contribution in [1.82, 2.24) is 15.0 Å². The van der Waals surface area contributed by atoms with E-state index in [9.17, 15) is 0 Å². The smallest absolute Gasteiger partial charge is 0.179 e. The first kappa shape index (κ1) is 12.5. The number of nitrogens with two attached hydrogens (primary N) is 1. The summed E-state index contributed by atoms with van der Waals surface area (Å²) in [7, 11) is 0. The van der Waals surface area contributed by atoms with Crippen LogP contribution in [0.25, 0.3) is 11.5 Å². The first-order valence-electron chi connectivity index (χ1n) is 6.43. The average Bonchev–Trinajstić information content (AvgIpc) is 2.46. The number of pyridine rings is 1. The molecule has 0 aliphatic heterocycles. The van der Waals surface area contributed by atoms with E-state index < -0.39 is 0 Å². The van der Waals surface area contributed by atoms with Gasteiger partial charge in [-0.2, -0.15) is 0 Å². The van der Waals surface area contributed by atoms with Crippen molar-refractivity contribution in [3.63, 3.8) is 0 Å². The number of aryl methyl sites for hydroxylation is 1. The Kier molecular flexibility index (Phi) is 3.44. The standard InChI is InChI=1S/C14H15ClN4/c15-11-2-1-5-17-13(11)14-18-8-10-6-9(7-16)3-4-12(10)19-14/h1-2,5,8-9H,3-4,6-7,16H2. The Bertz CT molecular complexity index is 600. The summed E-state index contributed by atoms with van der Waals surface area (Å²) in [5, 5.41) is 0.582. The Balaban J connectivity index is 1.97. The summed E-state index contributed by atoms with van der Waals surface area (Å²) in [6.07, 6.45) is 6.62. The maximum absolute atomic E-state index is 6.13. The molecule has 2 heterocycles. The molecule has 2 aromatic heterocycles. The third-order valence-electron chi connectivity index (χ3n) is 3.56. The van der Waals surface area contributed by atoms with E-state index in [-0.39, 0.29) is 0 Å². The van der Waals surface area contributed by atoms with Gasteiger partial charge in [-0.05, 0) is 49.4 Å². The highest BCUT2D eigenvalue weighted by Gasteiger charge is 2.20. The Morgan fingerprint density at radius 3 is 3.05 bits per heavy atom. The van der Waals surface area contributed by atoms with Gasteiger partial charge in [-0.15, -0.1) is 0 Å². The van der Waals surface area contributed by atoms with Crippen LogP contribution in [0.1, 0.15) is 17.7 Å². The molecule has 0 radical (unpaired) electrons. The lowest BCUT2D eigenvalue weighted by molar-refractivity contribution is 0.462. The monoisotopic (exact) mass is 274 g/mol. The maximum Gasteiger partial charge on any atom is 0.179 e. The van der Waals surface area contributed by atoms with Gasteiger partial charge in [0.1, 0.15) is 5.69 Å². The van der Waals surface area contributed by atoms with Gasteiger partial charge in [-0.1, -0.05) is 11.6 Å². The lowest BCUT2D eigenvalue weighted by atomic mass is 9.87. The van der Waals surface area contributed by atoms with Crippen LogP contribution in [0, 0.1) is 5.92 Å². The van der Waals surface area contributed by atoms with E-state index in [0.29, 0.717) is 22.5 Å². The van der Waals surface area contributed by atoms with Crippen molar-refractivity contribution in [2.75, 3.05) is 6.54 Å². The molecule has 1 aliphatic carbocycles. The fourth-order valence-corrected chi connectivity index (χ4v) is 2.65. The molecular formula is C14H15ClN4. The van der Waals surface area contributed by atoms with Gasteiger partial charge in [0.15, 0.2) is 5.82 Å². The first-order chi connectivity index (χ1) is 9.28. The average molecular weight is 275 g/mol. The minimum Gasteiger partial charge on any atom is -0.330 e. The van der Waals surface area contributed by atoms with Crippen molar-refractivity contribution < 1.29 is 0 Å². The highest BCUT2D eigenvalue weighted by atomic mass is 35.5. The summed E-state index contributed by atoms with van der Waals surface area (Å²) < 4.78 is 0. The van der Waals surface area contributed by atoms with Gasteiger partial charge < -0.3 is 5.73 Å².